The molecule has 1 aliphatic rings. The Morgan fingerprint density at radius 1 is 1.43 bits per heavy atom. The molecule has 1 amide bonds. The van der Waals surface area contributed by atoms with E-state index in [0.29, 0.717) is 11.7 Å². The van der Waals surface area contributed by atoms with Gasteiger partial charge in [0.25, 0.3) is 0 Å². The monoisotopic (exact) mass is 330 g/mol. The van der Waals surface area contributed by atoms with E-state index in [1.807, 2.05) is 24.1 Å². The topological polar surface area (TPSA) is 52.6 Å². The fourth-order valence-electron chi connectivity index (χ4n) is 2.53. The lowest BCUT2D eigenvalue weighted by Crippen LogP contribution is -2.43. The number of aromatic hydroxyl groups is 1. The molecule has 1 unspecified atom stereocenters. The number of nitrogens with one attached hydrogen (secondary N) is 1. The summed E-state index contributed by atoms with van der Waals surface area (Å²) in [5, 5.41) is 12.4. The zero-order valence-corrected chi connectivity index (χ0v) is 13.9. The van der Waals surface area contributed by atoms with Gasteiger partial charge in [0.05, 0.1) is 5.75 Å². The van der Waals surface area contributed by atoms with Gasteiger partial charge in [0.2, 0.25) is 5.91 Å². The SMILES string of the molecule is CNCC1CCCN(C(=O)CSc2ccc(O)cc2)C1.Cl. The normalized spacial score (nSPS) is 18.1. The van der Waals surface area contributed by atoms with Crippen molar-refractivity contribution < 1.29 is 9.90 Å². The number of rotatable bonds is 5. The van der Waals surface area contributed by atoms with E-state index in [-0.39, 0.29) is 24.1 Å². The molecule has 0 saturated carbocycles. The molecule has 21 heavy (non-hydrogen) atoms. The van der Waals surface area contributed by atoms with E-state index < -0.39 is 0 Å². The van der Waals surface area contributed by atoms with Crippen LogP contribution in [-0.4, -0.2) is 48.3 Å². The van der Waals surface area contributed by atoms with Crippen molar-refractivity contribution in [3.63, 3.8) is 0 Å². The smallest absolute Gasteiger partial charge is 0.232 e. The highest BCUT2D eigenvalue weighted by atomic mass is 35.5. The number of hydrogen-bond acceptors (Lipinski definition) is 4. The van der Waals surface area contributed by atoms with Crippen LogP contribution in [0, 0.1) is 5.92 Å². The van der Waals surface area contributed by atoms with Gasteiger partial charge in [-0.25, -0.2) is 0 Å². The van der Waals surface area contributed by atoms with Crippen LogP contribution in [0.3, 0.4) is 0 Å². The van der Waals surface area contributed by atoms with Crippen molar-refractivity contribution in [3.8, 4) is 5.75 Å². The number of benzene rings is 1. The molecule has 0 aromatic heterocycles. The number of amides is 1. The molecule has 1 heterocycles. The zero-order chi connectivity index (χ0) is 14.4. The van der Waals surface area contributed by atoms with Gasteiger partial charge in [-0.1, -0.05) is 0 Å². The van der Waals surface area contributed by atoms with Gasteiger partial charge >= 0.3 is 0 Å². The van der Waals surface area contributed by atoms with Gasteiger partial charge in [-0.2, -0.15) is 0 Å². The second-order valence-electron chi connectivity index (χ2n) is 5.19. The Balaban J connectivity index is 0.00000220. The molecule has 6 heteroatoms. The van der Waals surface area contributed by atoms with Crippen LogP contribution in [0.1, 0.15) is 12.8 Å². The van der Waals surface area contributed by atoms with Crippen molar-refractivity contribution in [2.45, 2.75) is 17.7 Å². The third-order valence-corrected chi connectivity index (χ3v) is 4.56. The summed E-state index contributed by atoms with van der Waals surface area (Å²) in [6, 6.07) is 6.98. The molecule has 2 rings (SSSR count). The maximum absolute atomic E-state index is 12.2. The number of phenols is 1. The molecule has 1 aliphatic heterocycles. The van der Waals surface area contributed by atoms with E-state index in [0.717, 1.165) is 31.0 Å². The second-order valence-corrected chi connectivity index (χ2v) is 6.24. The maximum Gasteiger partial charge on any atom is 0.232 e. The predicted molar refractivity (Wildman–Crippen MR) is 89.3 cm³/mol. The summed E-state index contributed by atoms with van der Waals surface area (Å²) in [6.07, 6.45) is 2.30. The fourth-order valence-corrected chi connectivity index (χ4v) is 3.33. The Labute approximate surface area is 136 Å². The van der Waals surface area contributed by atoms with Crippen LogP contribution in [0.25, 0.3) is 0 Å². The van der Waals surface area contributed by atoms with Crippen molar-refractivity contribution in [2.24, 2.45) is 5.92 Å². The molecule has 1 saturated heterocycles. The lowest BCUT2D eigenvalue weighted by Gasteiger charge is -2.32. The lowest BCUT2D eigenvalue weighted by atomic mass is 9.98. The molecule has 1 fully saturated rings. The van der Waals surface area contributed by atoms with E-state index in [4.69, 9.17) is 0 Å². The van der Waals surface area contributed by atoms with Gasteiger partial charge in [-0.05, 0) is 56.6 Å². The molecule has 1 atom stereocenters. The van der Waals surface area contributed by atoms with E-state index in [1.54, 1.807) is 12.1 Å². The average molecular weight is 331 g/mol. The number of phenolic OH excluding ortho intramolecular Hbond substituents is 1. The van der Waals surface area contributed by atoms with Crippen molar-refractivity contribution in [2.75, 3.05) is 32.4 Å². The molecule has 0 spiro atoms. The van der Waals surface area contributed by atoms with Gasteiger partial charge in [0.1, 0.15) is 5.75 Å². The number of carbonyl (C=O) groups excluding carboxylic acids is 1. The van der Waals surface area contributed by atoms with Crippen molar-refractivity contribution in [3.05, 3.63) is 24.3 Å². The molecule has 0 bridgehead atoms. The van der Waals surface area contributed by atoms with Crippen LogP contribution in [0.5, 0.6) is 5.75 Å². The van der Waals surface area contributed by atoms with Crippen molar-refractivity contribution in [1.82, 2.24) is 10.2 Å². The second kappa shape index (κ2) is 9.18. The van der Waals surface area contributed by atoms with E-state index in [9.17, 15) is 9.90 Å². The Morgan fingerprint density at radius 3 is 2.81 bits per heavy atom. The summed E-state index contributed by atoms with van der Waals surface area (Å²) < 4.78 is 0. The third kappa shape index (κ3) is 5.77. The number of likely N-dealkylation sites (tertiary alicyclic amines) is 1. The maximum atomic E-state index is 12.2. The van der Waals surface area contributed by atoms with E-state index in [1.165, 1.54) is 18.2 Å². The summed E-state index contributed by atoms with van der Waals surface area (Å²) in [5.74, 6) is 1.52. The number of hydrogen-bond donors (Lipinski definition) is 2. The molecule has 0 aliphatic carbocycles. The summed E-state index contributed by atoms with van der Waals surface area (Å²) in [5.41, 5.74) is 0. The van der Waals surface area contributed by atoms with Gasteiger partial charge < -0.3 is 15.3 Å². The average Bonchev–Trinajstić information content (AvgIpc) is 2.47. The number of nitrogens with zero attached hydrogens (tertiary/aromatic N) is 1. The van der Waals surface area contributed by atoms with Crippen LogP contribution in [0.4, 0.5) is 0 Å². The molecule has 118 valence electrons. The largest absolute Gasteiger partial charge is 0.508 e. The third-order valence-electron chi connectivity index (χ3n) is 3.56. The predicted octanol–water partition coefficient (Wildman–Crippen LogP) is 2.36. The highest BCUT2D eigenvalue weighted by Gasteiger charge is 2.22. The molecule has 1 aromatic carbocycles. The fraction of sp³-hybridized carbons (Fsp3) is 0.533. The van der Waals surface area contributed by atoms with Crippen LogP contribution in [0.15, 0.2) is 29.2 Å². The quantitative estimate of drug-likeness (QED) is 0.814. The summed E-state index contributed by atoms with van der Waals surface area (Å²) >= 11 is 1.53. The van der Waals surface area contributed by atoms with Crippen LogP contribution >= 0.6 is 24.2 Å². The van der Waals surface area contributed by atoms with Crippen LogP contribution < -0.4 is 5.32 Å². The first-order chi connectivity index (χ1) is 9.69. The molecule has 0 radical (unpaired) electrons. The van der Waals surface area contributed by atoms with Gasteiger partial charge in [-0.3, -0.25) is 4.79 Å². The van der Waals surface area contributed by atoms with E-state index in [2.05, 4.69) is 5.32 Å². The minimum atomic E-state index is 0. The Bertz CT molecular complexity index is 440. The van der Waals surface area contributed by atoms with Crippen LogP contribution in [-0.2, 0) is 4.79 Å². The first kappa shape index (κ1) is 18.1. The first-order valence-electron chi connectivity index (χ1n) is 7.03. The Kier molecular flexibility index (Phi) is 7.93. The lowest BCUT2D eigenvalue weighted by molar-refractivity contribution is -0.130. The van der Waals surface area contributed by atoms with Crippen molar-refractivity contribution >= 4 is 30.1 Å². The highest BCUT2D eigenvalue weighted by molar-refractivity contribution is 8.00. The number of piperidine rings is 1. The van der Waals surface area contributed by atoms with Crippen molar-refractivity contribution in [1.29, 1.82) is 0 Å². The Hall–Kier alpha value is -0.910. The minimum absolute atomic E-state index is 0. The minimum Gasteiger partial charge on any atom is -0.508 e. The van der Waals surface area contributed by atoms with Gasteiger partial charge in [0.15, 0.2) is 0 Å². The summed E-state index contributed by atoms with van der Waals surface area (Å²) in [4.78, 5) is 15.2. The molecular weight excluding hydrogens is 308 g/mol. The molecular formula is C15H23ClN2O2S. The molecule has 4 nitrogen and oxygen atoms in total. The van der Waals surface area contributed by atoms with Crippen LogP contribution in [0.2, 0.25) is 0 Å². The van der Waals surface area contributed by atoms with Gasteiger partial charge in [-0.15, -0.1) is 24.2 Å². The number of thioether (sulfide) groups is 1. The molecule has 1 aromatic rings. The summed E-state index contributed by atoms with van der Waals surface area (Å²) in [6.45, 7) is 2.74. The number of carbonyl (C=O) groups is 1. The highest BCUT2D eigenvalue weighted by Crippen LogP contribution is 2.22. The Morgan fingerprint density at radius 2 is 2.14 bits per heavy atom. The van der Waals surface area contributed by atoms with E-state index >= 15 is 0 Å². The zero-order valence-electron chi connectivity index (χ0n) is 12.2. The number of halogens is 1. The van der Waals surface area contributed by atoms with Gasteiger partial charge in [0, 0.05) is 18.0 Å². The summed E-state index contributed by atoms with van der Waals surface area (Å²) in [7, 11) is 1.96. The first-order valence-corrected chi connectivity index (χ1v) is 8.02. The molecule has 2 N–H and O–H groups in total. The standard InChI is InChI=1S/C15H22N2O2S.ClH/c1-16-9-12-3-2-8-17(10-12)15(19)11-20-14-6-4-13(18)5-7-14;/h4-7,12,16,18H,2-3,8-11H2,1H3;1H.